The van der Waals surface area contributed by atoms with Gasteiger partial charge in [0.05, 0.1) is 11.9 Å². The van der Waals surface area contributed by atoms with Gasteiger partial charge < -0.3 is 9.80 Å². The molecule has 0 amide bonds. The standard InChI is InChI=1S/C15H23N3/c1-3-9-17(10-4-1)14-7-8-15(16-13-14)18-11-5-2-6-12-18/h7-8,13H,1-6,9-12H2. The number of anilines is 2. The minimum Gasteiger partial charge on any atom is -0.370 e. The molecule has 0 unspecified atom stereocenters. The van der Waals surface area contributed by atoms with E-state index in [-0.39, 0.29) is 0 Å². The van der Waals surface area contributed by atoms with Crippen molar-refractivity contribution in [2.24, 2.45) is 0 Å². The molecule has 2 aliphatic rings. The van der Waals surface area contributed by atoms with Crippen molar-refractivity contribution in [3.63, 3.8) is 0 Å². The summed E-state index contributed by atoms with van der Waals surface area (Å²) in [5.74, 6) is 1.16. The van der Waals surface area contributed by atoms with Crippen LogP contribution in [0.1, 0.15) is 38.5 Å². The zero-order valence-electron chi connectivity index (χ0n) is 11.1. The van der Waals surface area contributed by atoms with E-state index >= 15 is 0 Å². The second-order valence-corrected chi connectivity index (χ2v) is 5.47. The molecule has 0 bridgehead atoms. The number of pyridine rings is 1. The van der Waals surface area contributed by atoms with Crippen LogP contribution in [0.25, 0.3) is 0 Å². The van der Waals surface area contributed by atoms with E-state index in [9.17, 15) is 0 Å². The lowest BCUT2D eigenvalue weighted by Gasteiger charge is -2.30. The van der Waals surface area contributed by atoms with E-state index in [0.717, 1.165) is 5.82 Å². The molecule has 98 valence electrons. The number of piperidine rings is 2. The zero-order valence-corrected chi connectivity index (χ0v) is 11.1. The van der Waals surface area contributed by atoms with Gasteiger partial charge in [-0.2, -0.15) is 0 Å². The molecular weight excluding hydrogens is 222 g/mol. The van der Waals surface area contributed by atoms with E-state index < -0.39 is 0 Å². The van der Waals surface area contributed by atoms with Crippen molar-refractivity contribution in [2.75, 3.05) is 36.0 Å². The minimum atomic E-state index is 1.16. The topological polar surface area (TPSA) is 19.4 Å². The number of hydrogen-bond acceptors (Lipinski definition) is 3. The summed E-state index contributed by atoms with van der Waals surface area (Å²) in [5, 5.41) is 0. The van der Waals surface area contributed by atoms with Gasteiger partial charge in [-0.05, 0) is 50.7 Å². The van der Waals surface area contributed by atoms with Crippen LogP contribution in [-0.4, -0.2) is 31.2 Å². The van der Waals surface area contributed by atoms with Gasteiger partial charge in [-0.3, -0.25) is 0 Å². The Kier molecular flexibility index (Phi) is 3.67. The lowest BCUT2D eigenvalue weighted by atomic mass is 10.1. The Balaban J connectivity index is 1.67. The van der Waals surface area contributed by atoms with Gasteiger partial charge in [0.25, 0.3) is 0 Å². The van der Waals surface area contributed by atoms with Crippen LogP contribution in [0, 0.1) is 0 Å². The maximum atomic E-state index is 4.66. The molecule has 0 N–H and O–H groups in total. The molecule has 2 saturated heterocycles. The zero-order chi connectivity index (χ0) is 12.2. The van der Waals surface area contributed by atoms with Crippen molar-refractivity contribution in [1.82, 2.24) is 4.98 Å². The van der Waals surface area contributed by atoms with E-state index in [0.29, 0.717) is 0 Å². The van der Waals surface area contributed by atoms with E-state index in [4.69, 9.17) is 0 Å². The second kappa shape index (κ2) is 5.59. The van der Waals surface area contributed by atoms with Crippen LogP contribution in [0.5, 0.6) is 0 Å². The van der Waals surface area contributed by atoms with Gasteiger partial charge in [-0.1, -0.05) is 0 Å². The summed E-state index contributed by atoms with van der Waals surface area (Å²) in [4.78, 5) is 9.55. The van der Waals surface area contributed by atoms with Crippen molar-refractivity contribution < 1.29 is 0 Å². The van der Waals surface area contributed by atoms with E-state index in [2.05, 4.69) is 33.1 Å². The van der Waals surface area contributed by atoms with Crippen LogP contribution in [0.3, 0.4) is 0 Å². The summed E-state index contributed by atoms with van der Waals surface area (Å²) in [5.41, 5.74) is 1.30. The predicted octanol–water partition coefficient (Wildman–Crippen LogP) is 3.06. The summed E-state index contributed by atoms with van der Waals surface area (Å²) < 4.78 is 0. The molecule has 3 nitrogen and oxygen atoms in total. The number of hydrogen-bond donors (Lipinski definition) is 0. The van der Waals surface area contributed by atoms with Crippen LogP contribution in [0.4, 0.5) is 11.5 Å². The fourth-order valence-corrected chi connectivity index (χ4v) is 3.03. The summed E-state index contributed by atoms with van der Waals surface area (Å²) in [6, 6.07) is 4.46. The largest absolute Gasteiger partial charge is 0.370 e. The van der Waals surface area contributed by atoms with Gasteiger partial charge in [0.1, 0.15) is 5.82 Å². The van der Waals surface area contributed by atoms with Crippen molar-refractivity contribution >= 4 is 11.5 Å². The van der Waals surface area contributed by atoms with E-state index in [1.54, 1.807) is 0 Å². The predicted molar refractivity (Wildman–Crippen MR) is 76.4 cm³/mol. The van der Waals surface area contributed by atoms with Crippen LogP contribution in [-0.2, 0) is 0 Å². The van der Waals surface area contributed by atoms with Crippen LogP contribution in [0.2, 0.25) is 0 Å². The first-order valence-electron chi connectivity index (χ1n) is 7.39. The smallest absolute Gasteiger partial charge is 0.128 e. The number of aromatic nitrogens is 1. The first-order chi connectivity index (χ1) is 8.93. The molecule has 0 aliphatic carbocycles. The minimum absolute atomic E-state index is 1.16. The lowest BCUT2D eigenvalue weighted by Crippen LogP contribution is -2.31. The summed E-state index contributed by atoms with van der Waals surface area (Å²) in [6.07, 6.45) is 10.1. The Hall–Kier alpha value is -1.25. The van der Waals surface area contributed by atoms with Gasteiger partial charge in [-0.25, -0.2) is 4.98 Å². The molecular formula is C15H23N3. The second-order valence-electron chi connectivity index (χ2n) is 5.47. The van der Waals surface area contributed by atoms with Crippen LogP contribution >= 0.6 is 0 Å². The molecule has 0 saturated carbocycles. The van der Waals surface area contributed by atoms with Crippen molar-refractivity contribution in [2.45, 2.75) is 38.5 Å². The van der Waals surface area contributed by atoms with E-state index in [1.165, 1.54) is 70.4 Å². The number of nitrogens with zero attached hydrogens (tertiary/aromatic N) is 3. The Morgan fingerprint density at radius 3 is 1.89 bits per heavy atom. The highest BCUT2D eigenvalue weighted by atomic mass is 15.2. The van der Waals surface area contributed by atoms with Crippen LogP contribution < -0.4 is 9.80 Å². The van der Waals surface area contributed by atoms with Crippen molar-refractivity contribution in [3.8, 4) is 0 Å². The summed E-state index contributed by atoms with van der Waals surface area (Å²) in [6.45, 7) is 4.75. The molecule has 2 aliphatic heterocycles. The average molecular weight is 245 g/mol. The maximum Gasteiger partial charge on any atom is 0.128 e. The average Bonchev–Trinajstić information content (AvgIpc) is 2.49. The Morgan fingerprint density at radius 1 is 0.722 bits per heavy atom. The van der Waals surface area contributed by atoms with Gasteiger partial charge in [0.2, 0.25) is 0 Å². The molecule has 0 aromatic carbocycles. The third-order valence-electron chi connectivity index (χ3n) is 4.13. The normalized spacial score (nSPS) is 21.1. The third kappa shape index (κ3) is 2.60. The summed E-state index contributed by atoms with van der Waals surface area (Å²) >= 11 is 0. The Labute approximate surface area is 110 Å². The monoisotopic (exact) mass is 245 g/mol. The molecule has 3 heteroatoms. The third-order valence-corrected chi connectivity index (χ3v) is 4.13. The first-order valence-corrected chi connectivity index (χ1v) is 7.39. The molecule has 2 fully saturated rings. The first kappa shape index (κ1) is 11.8. The molecule has 3 heterocycles. The quantitative estimate of drug-likeness (QED) is 0.798. The number of rotatable bonds is 2. The molecule has 0 atom stereocenters. The molecule has 0 radical (unpaired) electrons. The molecule has 3 rings (SSSR count). The van der Waals surface area contributed by atoms with Crippen LogP contribution in [0.15, 0.2) is 18.3 Å². The van der Waals surface area contributed by atoms with Crippen molar-refractivity contribution in [3.05, 3.63) is 18.3 Å². The van der Waals surface area contributed by atoms with Crippen molar-refractivity contribution in [1.29, 1.82) is 0 Å². The Morgan fingerprint density at radius 2 is 1.33 bits per heavy atom. The summed E-state index contributed by atoms with van der Waals surface area (Å²) in [7, 11) is 0. The highest BCUT2D eigenvalue weighted by Crippen LogP contribution is 2.22. The lowest BCUT2D eigenvalue weighted by molar-refractivity contribution is 0.571. The van der Waals surface area contributed by atoms with Gasteiger partial charge in [0.15, 0.2) is 0 Å². The fraction of sp³-hybridized carbons (Fsp3) is 0.667. The SMILES string of the molecule is c1cc(N2CCCCC2)ncc1N1CCCCC1. The van der Waals surface area contributed by atoms with E-state index in [1.807, 2.05) is 0 Å². The molecule has 0 spiro atoms. The maximum absolute atomic E-state index is 4.66. The van der Waals surface area contributed by atoms with Gasteiger partial charge >= 0.3 is 0 Å². The molecule has 1 aromatic rings. The molecule has 1 aromatic heterocycles. The Bertz CT molecular complexity index is 325. The van der Waals surface area contributed by atoms with Gasteiger partial charge in [0, 0.05) is 26.2 Å². The molecule has 18 heavy (non-hydrogen) atoms. The fourth-order valence-electron chi connectivity index (χ4n) is 3.03. The highest BCUT2D eigenvalue weighted by Gasteiger charge is 2.14. The van der Waals surface area contributed by atoms with Gasteiger partial charge in [-0.15, -0.1) is 0 Å². The highest BCUT2D eigenvalue weighted by molar-refractivity contribution is 5.50.